The van der Waals surface area contributed by atoms with Crippen LogP contribution in [0.4, 0.5) is 0 Å². The van der Waals surface area contributed by atoms with Crippen LogP contribution >= 0.6 is 22.6 Å². The number of rotatable bonds is 3. The molecule has 0 aromatic carbocycles. The second-order valence-corrected chi connectivity index (χ2v) is 2.26. The SMILES string of the molecule is NC/C=C\CCI. The van der Waals surface area contributed by atoms with Gasteiger partial charge in [-0.1, -0.05) is 34.7 Å². The summed E-state index contributed by atoms with van der Waals surface area (Å²) in [7, 11) is 0. The van der Waals surface area contributed by atoms with Gasteiger partial charge >= 0.3 is 0 Å². The predicted octanol–water partition coefficient (Wildman–Crippen LogP) is 1.33. The maximum atomic E-state index is 5.18. The van der Waals surface area contributed by atoms with Crippen molar-refractivity contribution in [3.8, 4) is 0 Å². The summed E-state index contributed by atoms with van der Waals surface area (Å²) < 4.78 is 1.19. The largest absolute Gasteiger partial charge is 0.327 e. The van der Waals surface area contributed by atoms with Crippen LogP contribution in [0.1, 0.15) is 6.42 Å². The molecule has 0 aliphatic carbocycles. The van der Waals surface area contributed by atoms with Crippen LogP contribution in [0, 0.1) is 0 Å². The highest BCUT2D eigenvalue weighted by atomic mass is 127. The van der Waals surface area contributed by atoms with E-state index < -0.39 is 0 Å². The molecule has 0 spiro atoms. The third-order valence-corrected chi connectivity index (χ3v) is 1.20. The molecule has 0 fully saturated rings. The first-order chi connectivity index (χ1) is 3.41. The first-order valence-electron chi connectivity index (χ1n) is 2.33. The summed E-state index contributed by atoms with van der Waals surface area (Å²) in [4.78, 5) is 0. The molecule has 0 aromatic rings. The molecular weight excluding hydrogens is 201 g/mol. The van der Waals surface area contributed by atoms with Crippen molar-refractivity contribution >= 4 is 22.6 Å². The third-order valence-electron chi connectivity index (χ3n) is 0.579. The van der Waals surface area contributed by atoms with Gasteiger partial charge in [-0.15, -0.1) is 0 Å². The van der Waals surface area contributed by atoms with Gasteiger partial charge in [-0.3, -0.25) is 0 Å². The monoisotopic (exact) mass is 211 g/mol. The first-order valence-corrected chi connectivity index (χ1v) is 3.85. The van der Waals surface area contributed by atoms with Crippen LogP contribution in [0.2, 0.25) is 0 Å². The van der Waals surface area contributed by atoms with E-state index in [2.05, 4.69) is 28.7 Å². The zero-order valence-corrected chi connectivity index (χ0v) is 6.39. The maximum Gasteiger partial charge on any atom is 0.0106 e. The summed E-state index contributed by atoms with van der Waals surface area (Å²) in [5, 5.41) is 0. The molecule has 0 aliphatic rings. The van der Waals surface area contributed by atoms with E-state index in [9.17, 15) is 0 Å². The van der Waals surface area contributed by atoms with Crippen LogP contribution in [-0.2, 0) is 0 Å². The Labute approximate surface area is 58.1 Å². The number of hydrogen-bond acceptors (Lipinski definition) is 1. The van der Waals surface area contributed by atoms with Crippen LogP contribution in [0.25, 0.3) is 0 Å². The smallest absolute Gasteiger partial charge is 0.0106 e. The Morgan fingerprint density at radius 3 is 2.57 bits per heavy atom. The Hall–Kier alpha value is 0.430. The lowest BCUT2D eigenvalue weighted by Gasteiger charge is -1.78. The predicted molar refractivity (Wildman–Crippen MR) is 41.7 cm³/mol. The van der Waals surface area contributed by atoms with Crippen LogP contribution < -0.4 is 5.73 Å². The Bertz CT molecular complexity index is 52.0. The quantitative estimate of drug-likeness (QED) is 0.425. The molecule has 2 heteroatoms. The Kier molecular flexibility index (Phi) is 6.82. The summed E-state index contributed by atoms with van der Waals surface area (Å²) in [6.07, 6.45) is 5.24. The average molecular weight is 211 g/mol. The van der Waals surface area contributed by atoms with Gasteiger partial charge in [0.25, 0.3) is 0 Å². The molecule has 0 saturated carbocycles. The van der Waals surface area contributed by atoms with Crippen molar-refractivity contribution in [3.05, 3.63) is 12.2 Å². The van der Waals surface area contributed by atoms with Gasteiger partial charge in [-0.2, -0.15) is 0 Å². The summed E-state index contributed by atoms with van der Waals surface area (Å²) >= 11 is 2.34. The van der Waals surface area contributed by atoms with E-state index in [1.54, 1.807) is 0 Å². The second kappa shape index (κ2) is 6.43. The van der Waals surface area contributed by atoms with Crippen molar-refractivity contribution < 1.29 is 0 Å². The summed E-state index contributed by atoms with van der Waals surface area (Å²) in [6.45, 7) is 0.677. The molecule has 0 aliphatic heterocycles. The summed E-state index contributed by atoms with van der Waals surface area (Å²) in [5.41, 5.74) is 5.18. The summed E-state index contributed by atoms with van der Waals surface area (Å²) in [5.74, 6) is 0. The van der Waals surface area contributed by atoms with Crippen LogP contribution in [-0.4, -0.2) is 11.0 Å². The van der Waals surface area contributed by atoms with Crippen LogP contribution in [0.3, 0.4) is 0 Å². The molecular formula is C5H10IN. The Morgan fingerprint density at radius 1 is 1.43 bits per heavy atom. The van der Waals surface area contributed by atoms with E-state index in [0.717, 1.165) is 6.42 Å². The fraction of sp³-hybridized carbons (Fsp3) is 0.600. The standard InChI is InChI=1S/C5H10IN/c6-4-2-1-3-5-7/h1,3H,2,4-5,7H2/b3-1-. The molecule has 0 unspecified atom stereocenters. The van der Waals surface area contributed by atoms with E-state index in [-0.39, 0.29) is 0 Å². The molecule has 7 heavy (non-hydrogen) atoms. The molecule has 42 valence electrons. The number of allylic oxidation sites excluding steroid dienone is 1. The highest BCUT2D eigenvalue weighted by Gasteiger charge is 1.69. The lowest BCUT2D eigenvalue weighted by Crippen LogP contribution is -1.91. The Morgan fingerprint density at radius 2 is 2.14 bits per heavy atom. The fourth-order valence-electron chi connectivity index (χ4n) is 0.277. The number of alkyl halides is 1. The lowest BCUT2D eigenvalue weighted by molar-refractivity contribution is 1.20. The number of halogens is 1. The molecule has 1 nitrogen and oxygen atoms in total. The molecule has 0 radical (unpaired) electrons. The normalized spacial score (nSPS) is 10.6. The van der Waals surface area contributed by atoms with Crippen LogP contribution in [0.15, 0.2) is 12.2 Å². The second-order valence-electron chi connectivity index (χ2n) is 1.18. The van der Waals surface area contributed by atoms with E-state index in [0.29, 0.717) is 6.54 Å². The van der Waals surface area contributed by atoms with Gasteiger partial charge < -0.3 is 5.73 Å². The van der Waals surface area contributed by atoms with E-state index in [1.165, 1.54) is 4.43 Å². The van der Waals surface area contributed by atoms with Gasteiger partial charge in [0.1, 0.15) is 0 Å². The van der Waals surface area contributed by atoms with Crippen molar-refractivity contribution in [2.45, 2.75) is 6.42 Å². The van der Waals surface area contributed by atoms with Gasteiger partial charge in [0.05, 0.1) is 0 Å². The van der Waals surface area contributed by atoms with Gasteiger partial charge in [0.2, 0.25) is 0 Å². The van der Waals surface area contributed by atoms with Crippen molar-refractivity contribution in [1.82, 2.24) is 0 Å². The molecule has 0 aromatic heterocycles. The molecule has 0 atom stereocenters. The highest BCUT2D eigenvalue weighted by molar-refractivity contribution is 14.1. The van der Waals surface area contributed by atoms with Gasteiger partial charge in [-0.25, -0.2) is 0 Å². The fourth-order valence-corrected chi connectivity index (χ4v) is 0.637. The van der Waals surface area contributed by atoms with Crippen molar-refractivity contribution in [2.75, 3.05) is 11.0 Å². The van der Waals surface area contributed by atoms with Gasteiger partial charge in [0, 0.05) is 11.0 Å². The van der Waals surface area contributed by atoms with Crippen LogP contribution in [0.5, 0.6) is 0 Å². The zero-order chi connectivity index (χ0) is 5.54. The maximum absolute atomic E-state index is 5.18. The first kappa shape index (κ1) is 7.43. The minimum atomic E-state index is 0.677. The van der Waals surface area contributed by atoms with E-state index >= 15 is 0 Å². The molecule has 2 N–H and O–H groups in total. The lowest BCUT2D eigenvalue weighted by atomic mass is 10.4. The van der Waals surface area contributed by atoms with Crippen molar-refractivity contribution in [1.29, 1.82) is 0 Å². The van der Waals surface area contributed by atoms with Crippen molar-refractivity contribution in [2.24, 2.45) is 5.73 Å². The summed E-state index contributed by atoms with van der Waals surface area (Å²) in [6, 6.07) is 0. The van der Waals surface area contributed by atoms with E-state index in [4.69, 9.17) is 5.73 Å². The molecule has 0 amide bonds. The molecule has 0 rings (SSSR count). The molecule has 0 bridgehead atoms. The number of hydrogen-bond donors (Lipinski definition) is 1. The minimum absolute atomic E-state index is 0.677. The zero-order valence-electron chi connectivity index (χ0n) is 4.23. The molecule has 0 heterocycles. The van der Waals surface area contributed by atoms with E-state index in [1.807, 2.05) is 6.08 Å². The third kappa shape index (κ3) is 6.43. The topological polar surface area (TPSA) is 26.0 Å². The van der Waals surface area contributed by atoms with Crippen molar-refractivity contribution in [3.63, 3.8) is 0 Å². The highest BCUT2D eigenvalue weighted by Crippen LogP contribution is 1.87. The number of nitrogens with two attached hydrogens (primary N) is 1. The Balaban J connectivity index is 2.78. The minimum Gasteiger partial charge on any atom is -0.327 e. The molecule has 0 saturated heterocycles. The average Bonchev–Trinajstić information content (AvgIpc) is 1.69. The van der Waals surface area contributed by atoms with Gasteiger partial charge in [0.15, 0.2) is 0 Å². The van der Waals surface area contributed by atoms with Gasteiger partial charge in [-0.05, 0) is 6.42 Å².